The van der Waals surface area contributed by atoms with Crippen LogP contribution in [0.4, 0.5) is 28.8 Å². The van der Waals surface area contributed by atoms with Crippen LogP contribution in [-0.2, 0) is 27.9 Å². The summed E-state index contributed by atoms with van der Waals surface area (Å²) in [6.45, 7) is 2.93. The summed E-state index contributed by atoms with van der Waals surface area (Å²) in [5.41, 5.74) is 5.33. The number of benzene rings is 2. The fourth-order valence-electron chi connectivity index (χ4n) is 6.69. The van der Waals surface area contributed by atoms with Gasteiger partial charge in [-0.25, -0.2) is 4.98 Å². The lowest BCUT2D eigenvalue weighted by molar-refractivity contribution is -0.134. The van der Waals surface area contributed by atoms with Crippen molar-refractivity contribution in [3.05, 3.63) is 58.9 Å². The Balaban J connectivity index is 1.02. The summed E-state index contributed by atoms with van der Waals surface area (Å²) in [6, 6.07) is 12.3. The van der Waals surface area contributed by atoms with Gasteiger partial charge >= 0.3 is 0 Å². The lowest BCUT2D eigenvalue weighted by atomic mass is 9.92. The predicted octanol–water partition coefficient (Wildman–Crippen LogP) is 4.27. The molecule has 13 heteroatoms. The van der Waals surface area contributed by atoms with Crippen molar-refractivity contribution in [1.82, 2.24) is 25.1 Å². The van der Waals surface area contributed by atoms with Crippen molar-refractivity contribution in [2.75, 3.05) is 34.0 Å². The van der Waals surface area contributed by atoms with E-state index in [0.717, 1.165) is 52.9 Å². The monoisotopic (exact) mass is 627 g/mol. The molecule has 2 aromatic heterocycles. The molecule has 3 aliphatic heterocycles. The van der Waals surface area contributed by atoms with Gasteiger partial charge in [0.25, 0.3) is 0 Å². The van der Waals surface area contributed by atoms with Crippen molar-refractivity contribution >= 4 is 69.1 Å². The Hall–Kier alpha value is -4.71. The quantitative estimate of drug-likeness (QED) is 0.268. The average Bonchev–Trinajstić information content (AvgIpc) is 3.48. The maximum absolute atomic E-state index is 12.5. The number of hydrogen-bond donors (Lipinski definition) is 3. The van der Waals surface area contributed by atoms with E-state index in [-0.39, 0.29) is 29.8 Å². The van der Waals surface area contributed by atoms with E-state index in [2.05, 4.69) is 43.9 Å². The number of anilines is 5. The smallest absolute Gasteiger partial charge is 0.235 e. The number of carbonyl (C=O) groups excluding carboxylic acids is 3. The summed E-state index contributed by atoms with van der Waals surface area (Å²) in [7, 11) is 3.66. The Morgan fingerprint density at radius 2 is 1.87 bits per heavy atom. The normalized spacial score (nSPS) is 21.7. The molecular weight excluding hydrogens is 594 g/mol. The summed E-state index contributed by atoms with van der Waals surface area (Å²) < 4.78 is 1.80. The van der Waals surface area contributed by atoms with E-state index >= 15 is 0 Å². The highest BCUT2D eigenvalue weighted by Crippen LogP contribution is 2.34. The maximum Gasteiger partial charge on any atom is 0.235 e. The van der Waals surface area contributed by atoms with Crippen molar-refractivity contribution in [1.29, 1.82) is 0 Å². The van der Waals surface area contributed by atoms with Gasteiger partial charge < -0.3 is 20.4 Å². The Morgan fingerprint density at radius 1 is 1.04 bits per heavy atom. The highest BCUT2D eigenvalue weighted by molar-refractivity contribution is 6.33. The van der Waals surface area contributed by atoms with Crippen molar-refractivity contribution in [2.45, 2.75) is 57.0 Å². The minimum absolute atomic E-state index is 0.0767. The van der Waals surface area contributed by atoms with Crippen molar-refractivity contribution in [3.63, 3.8) is 0 Å². The molecule has 3 N–H and O–H groups in total. The fourth-order valence-corrected chi connectivity index (χ4v) is 6.83. The number of piperidine rings is 2. The maximum atomic E-state index is 12.5. The van der Waals surface area contributed by atoms with Crippen LogP contribution in [0.15, 0.2) is 42.6 Å². The van der Waals surface area contributed by atoms with Gasteiger partial charge in [-0.1, -0.05) is 11.6 Å². The number of carbonyl (C=O) groups is 3. The molecular formula is C32H34ClN9O3. The van der Waals surface area contributed by atoms with Crippen LogP contribution in [0, 0.1) is 0 Å². The number of imide groups is 1. The summed E-state index contributed by atoms with van der Waals surface area (Å²) >= 11 is 6.49. The van der Waals surface area contributed by atoms with Crippen LogP contribution in [0.1, 0.15) is 49.8 Å². The van der Waals surface area contributed by atoms with Crippen LogP contribution in [0.25, 0.3) is 10.9 Å². The molecule has 4 aromatic rings. The number of halogens is 1. The first-order valence-corrected chi connectivity index (χ1v) is 15.5. The lowest BCUT2D eigenvalue weighted by Crippen LogP contribution is -2.45. The minimum Gasteiger partial charge on any atom is -0.382 e. The number of aromatic nitrogens is 4. The Kier molecular flexibility index (Phi) is 7.31. The summed E-state index contributed by atoms with van der Waals surface area (Å²) in [5.74, 6) is 0.269. The zero-order valence-electron chi connectivity index (χ0n) is 25.3. The van der Waals surface area contributed by atoms with Crippen LogP contribution in [0.5, 0.6) is 0 Å². The zero-order valence-corrected chi connectivity index (χ0v) is 26.1. The Bertz CT molecular complexity index is 1860. The van der Waals surface area contributed by atoms with E-state index in [1.165, 1.54) is 0 Å². The van der Waals surface area contributed by atoms with E-state index in [1.54, 1.807) is 22.8 Å². The largest absolute Gasteiger partial charge is 0.382 e. The molecule has 5 heterocycles. The van der Waals surface area contributed by atoms with Gasteiger partial charge in [-0.3, -0.25) is 24.4 Å². The van der Waals surface area contributed by atoms with Gasteiger partial charge in [0.05, 0.1) is 29.7 Å². The lowest BCUT2D eigenvalue weighted by Gasteiger charge is -2.38. The number of nitrogens with one attached hydrogen (secondary N) is 3. The van der Waals surface area contributed by atoms with E-state index in [1.807, 2.05) is 37.4 Å². The number of hydrogen-bond acceptors (Lipinski definition) is 9. The van der Waals surface area contributed by atoms with Gasteiger partial charge in [-0.05, 0) is 68.1 Å². The average molecular weight is 628 g/mol. The number of nitrogens with zero attached hydrogens (tertiary/aromatic N) is 6. The third-order valence-corrected chi connectivity index (χ3v) is 9.38. The molecule has 2 saturated heterocycles. The Morgan fingerprint density at radius 3 is 2.67 bits per heavy atom. The number of aryl methyl sites for hydroxylation is 1. The standard InChI is InChI=1S/C32H34ClN9O3/c1-17-12-21(35-20-4-6-22-26(15-20)41(3)39-29(22)23-7-9-27(43)37-31(23)45)10-11-42(17)32-34-16-24(33)30(38-32)36-19-5-8-25-18(13-19)14-28(44)40(25)2/h4-6,8,13,15-17,21,23,35H,7,9-12,14H2,1-3H3,(H,34,36,38)(H,37,43,45)/t17-,21+,23?/m0/s1. The summed E-state index contributed by atoms with van der Waals surface area (Å²) in [4.78, 5) is 49.4. The second-order valence-electron chi connectivity index (χ2n) is 12.1. The molecule has 1 unspecified atom stereocenters. The molecule has 0 spiro atoms. The molecule has 0 saturated carbocycles. The molecule has 0 bridgehead atoms. The fraction of sp³-hybridized carbons (Fsp3) is 0.375. The Labute approximate surface area is 265 Å². The van der Waals surface area contributed by atoms with Crippen LogP contribution in [-0.4, -0.2) is 63.1 Å². The van der Waals surface area contributed by atoms with Gasteiger partial charge in [-0.15, -0.1) is 0 Å². The SMILES string of the molecule is C[C@H]1C[C@H](Nc2ccc3c(C4CCC(=O)NC4=O)nn(C)c3c2)CCN1c1ncc(Cl)c(Nc2ccc3c(c2)CC(=O)N3C)n1. The van der Waals surface area contributed by atoms with Gasteiger partial charge in [0, 0.05) is 61.6 Å². The number of fused-ring (bicyclic) bond motifs is 2. The van der Waals surface area contributed by atoms with Crippen LogP contribution < -0.4 is 25.8 Å². The molecule has 2 fully saturated rings. The van der Waals surface area contributed by atoms with E-state index in [4.69, 9.17) is 16.6 Å². The van der Waals surface area contributed by atoms with E-state index in [0.29, 0.717) is 41.7 Å². The molecule has 0 aliphatic carbocycles. The zero-order chi connectivity index (χ0) is 31.4. The highest BCUT2D eigenvalue weighted by Gasteiger charge is 2.32. The highest BCUT2D eigenvalue weighted by atomic mass is 35.5. The minimum atomic E-state index is -0.428. The van der Waals surface area contributed by atoms with E-state index < -0.39 is 5.92 Å². The van der Waals surface area contributed by atoms with Crippen molar-refractivity contribution < 1.29 is 14.4 Å². The third-order valence-electron chi connectivity index (χ3n) is 9.10. The molecule has 12 nitrogen and oxygen atoms in total. The van der Waals surface area contributed by atoms with Gasteiger partial charge in [0.15, 0.2) is 5.82 Å². The number of amides is 3. The van der Waals surface area contributed by atoms with Crippen molar-refractivity contribution in [3.8, 4) is 0 Å². The number of likely N-dealkylation sites (N-methyl/N-ethyl adjacent to an activating group) is 1. The molecule has 3 atom stereocenters. The first-order chi connectivity index (χ1) is 21.6. The van der Waals surface area contributed by atoms with Crippen LogP contribution >= 0.6 is 11.6 Å². The topological polar surface area (TPSA) is 137 Å². The molecule has 45 heavy (non-hydrogen) atoms. The van der Waals surface area contributed by atoms with Gasteiger partial charge in [0.1, 0.15) is 5.02 Å². The van der Waals surface area contributed by atoms with Gasteiger partial charge in [-0.2, -0.15) is 10.1 Å². The predicted molar refractivity (Wildman–Crippen MR) is 173 cm³/mol. The second-order valence-corrected chi connectivity index (χ2v) is 12.5. The molecule has 3 aliphatic rings. The van der Waals surface area contributed by atoms with Gasteiger partial charge in [0.2, 0.25) is 23.7 Å². The summed E-state index contributed by atoms with van der Waals surface area (Å²) in [6.07, 6.45) is 4.56. The van der Waals surface area contributed by atoms with Crippen LogP contribution in [0.2, 0.25) is 5.02 Å². The first-order valence-electron chi connectivity index (χ1n) is 15.2. The molecule has 3 amide bonds. The molecule has 232 valence electrons. The van der Waals surface area contributed by atoms with Crippen LogP contribution in [0.3, 0.4) is 0 Å². The van der Waals surface area contributed by atoms with E-state index in [9.17, 15) is 14.4 Å². The number of rotatable bonds is 6. The first kappa shape index (κ1) is 29.0. The van der Waals surface area contributed by atoms with Crippen molar-refractivity contribution in [2.24, 2.45) is 7.05 Å². The summed E-state index contributed by atoms with van der Waals surface area (Å²) in [5, 5.41) is 15.5. The third kappa shape index (κ3) is 5.43. The molecule has 0 radical (unpaired) electrons. The second kappa shape index (κ2) is 11.3. The molecule has 2 aromatic carbocycles. The molecule has 7 rings (SSSR count).